The van der Waals surface area contributed by atoms with Crippen molar-refractivity contribution in [2.75, 3.05) is 39.8 Å². The van der Waals surface area contributed by atoms with Crippen LogP contribution < -0.4 is 0 Å². The summed E-state index contributed by atoms with van der Waals surface area (Å²) < 4.78 is 19.4. The highest BCUT2D eigenvalue weighted by atomic mass is 32.2. The molecule has 0 aromatic heterocycles. The van der Waals surface area contributed by atoms with Gasteiger partial charge < -0.3 is 19.4 Å². The summed E-state index contributed by atoms with van der Waals surface area (Å²) in [7, 11) is 2.05. The summed E-state index contributed by atoms with van der Waals surface area (Å²) in [4.78, 5) is 37.7. The predicted molar refractivity (Wildman–Crippen MR) is 143 cm³/mol. The highest BCUT2D eigenvalue weighted by Gasteiger charge is 2.42. The summed E-state index contributed by atoms with van der Waals surface area (Å²) in [5.74, 6) is -0.815. The van der Waals surface area contributed by atoms with Crippen molar-refractivity contribution in [2.24, 2.45) is 4.99 Å². The first-order valence-corrected chi connectivity index (χ1v) is 13.3. The Morgan fingerprint density at radius 3 is 2.43 bits per heavy atom. The van der Waals surface area contributed by atoms with Gasteiger partial charge in [0.1, 0.15) is 5.82 Å². The summed E-state index contributed by atoms with van der Waals surface area (Å²) in [6.07, 6.45) is 0.185. The van der Waals surface area contributed by atoms with Crippen molar-refractivity contribution in [3.05, 3.63) is 88.2 Å². The zero-order chi connectivity index (χ0) is 25.9. The van der Waals surface area contributed by atoms with Crippen LogP contribution in [0.5, 0.6) is 0 Å². The molecule has 37 heavy (non-hydrogen) atoms. The van der Waals surface area contributed by atoms with Crippen molar-refractivity contribution < 1.29 is 18.7 Å². The number of nitrogens with zero attached hydrogens (tertiary/aromatic N) is 4. The van der Waals surface area contributed by atoms with Crippen molar-refractivity contribution in [1.29, 1.82) is 0 Å². The van der Waals surface area contributed by atoms with Gasteiger partial charge in [0.25, 0.3) is 0 Å². The third kappa shape index (κ3) is 5.19. The van der Waals surface area contributed by atoms with Crippen molar-refractivity contribution in [3.63, 3.8) is 0 Å². The number of esters is 1. The average molecular weight is 521 g/mol. The third-order valence-corrected chi connectivity index (χ3v) is 7.62. The number of piperazine rings is 1. The molecule has 0 radical (unpaired) electrons. The monoisotopic (exact) mass is 520 g/mol. The number of aliphatic imine (C=N–C) groups is 1. The smallest absolute Gasteiger partial charge is 0.338 e. The second-order valence-corrected chi connectivity index (χ2v) is 9.99. The van der Waals surface area contributed by atoms with Crippen LogP contribution in [0.3, 0.4) is 0 Å². The lowest BCUT2D eigenvalue weighted by Crippen LogP contribution is -2.47. The zero-order valence-corrected chi connectivity index (χ0v) is 21.7. The van der Waals surface area contributed by atoms with E-state index in [1.165, 1.54) is 23.9 Å². The number of likely N-dealkylation sites (N-methyl/N-ethyl adjacent to an activating group) is 1. The quantitative estimate of drug-likeness (QED) is 0.531. The van der Waals surface area contributed by atoms with Crippen LogP contribution >= 0.6 is 11.8 Å². The Labute approximate surface area is 220 Å². The number of ether oxygens (including phenoxy) is 1. The standard InChI is InChI=1S/C28H29FN4O3S/c1-3-36-27(35)24-25(19-7-5-4-6-8-19)30-28-33(26(24)20-9-11-21(29)12-10-20)22(18-37-28)17-23(34)32-15-13-31(2)14-16-32/h4-12,18,26H,3,13-17H2,1-2H3. The minimum Gasteiger partial charge on any atom is -0.463 e. The first kappa shape index (κ1) is 25.2. The summed E-state index contributed by atoms with van der Waals surface area (Å²) in [5.41, 5.74) is 3.14. The van der Waals surface area contributed by atoms with Crippen LogP contribution in [-0.2, 0) is 14.3 Å². The van der Waals surface area contributed by atoms with E-state index in [0.717, 1.165) is 24.4 Å². The molecule has 0 spiro atoms. The summed E-state index contributed by atoms with van der Waals surface area (Å²) in [6, 6.07) is 15.0. The molecule has 0 aliphatic carbocycles. The fourth-order valence-corrected chi connectivity index (χ4v) is 5.69. The number of rotatable bonds is 6. The van der Waals surface area contributed by atoms with Gasteiger partial charge in [-0.3, -0.25) is 4.79 Å². The van der Waals surface area contributed by atoms with Gasteiger partial charge in [-0.1, -0.05) is 54.2 Å². The molecule has 5 rings (SSSR count). The Morgan fingerprint density at radius 1 is 1.05 bits per heavy atom. The van der Waals surface area contributed by atoms with Crippen molar-refractivity contribution in [1.82, 2.24) is 14.7 Å². The molecule has 2 aromatic carbocycles. The minimum atomic E-state index is -0.621. The van der Waals surface area contributed by atoms with Crippen LogP contribution in [0, 0.1) is 5.82 Å². The number of benzene rings is 2. The maximum atomic E-state index is 13.9. The SMILES string of the molecule is CCOC(=O)C1=C(c2ccccc2)N=C2SC=C(CC(=O)N3CCN(C)CC3)N2C1c1ccc(F)cc1. The van der Waals surface area contributed by atoms with E-state index in [0.29, 0.717) is 35.1 Å². The third-order valence-electron chi connectivity index (χ3n) is 6.73. The molecule has 1 saturated heterocycles. The zero-order valence-electron chi connectivity index (χ0n) is 20.9. The molecule has 0 N–H and O–H groups in total. The second kappa shape index (κ2) is 10.9. The number of carbonyl (C=O) groups excluding carboxylic acids is 2. The van der Waals surface area contributed by atoms with Crippen LogP contribution in [0.4, 0.5) is 4.39 Å². The van der Waals surface area contributed by atoms with E-state index in [-0.39, 0.29) is 24.8 Å². The van der Waals surface area contributed by atoms with Crippen LogP contribution in [-0.4, -0.2) is 71.6 Å². The van der Waals surface area contributed by atoms with E-state index in [2.05, 4.69) is 11.9 Å². The van der Waals surface area contributed by atoms with Gasteiger partial charge in [-0.05, 0) is 37.1 Å². The number of carbonyl (C=O) groups is 2. The van der Waals surface area contributed by atoms with Crippen LogP contribution in [0.1, 0.15) is 30.5 Å². The highest BCUT2D eigenvalue weighted by molar-refractivity contribution is 8.16. The summed E-state index contributed by atoms with van der Waals surface area (Å²) >= 11 is 1.43. The van der Waals surface area contributed by atoms with Crippen molar-refractivity contribution in [3.8, 4) is 0 Å². The molecule has 9 heteroatoms. The molecular weight excluding hydrogens is 491 g/mol. The molecule has 2 aromatic rings. The fraction of sp³-hybridized carbons (Fsp3) is 0.321. The number of thioether (sulfide) groups is 1. The molecule has 1 unspecified atom stereocenters. The number of fused-ring (bicyclic) bond motifs is 1. The number of amides is 1. The Balaban J connectivity index is 1.57. The highest BCUT2D eigenvalue weighted by Crippen LogP contribution is 2.47. The lowest BCUT2D eigenvalue weighted by atomic mass is 9.91. The lowest BCUT2D eigenvalue weighted by molar-refractivity contribution is -0.139. The molecule has 0 saturated carbocycles. The number of hydrogen-bond acceptors (Lipinski definition) is 7. The van der Waals surface area contributed by atoms with E-state index < -0.39 is 12.0 Å². The molecule has 7 nitrogen and oxygen atoms in total. The first-order valence-electron chi connectivity index (χ1n) is 12.4. The van der Waals surface area contributed by atoms with Gasteiger partial charge in [0.15, 0.2) is 5.17 Å². The van der Waals surface area contributed by atoms with Gasteiger partial charge in [-0.15, -0.1) is 0 Å². The van der Waals surface area contributed by atoms with Gasteiger partial charge >= 0.3 is 5.97 Å². The molecule has 1 fully saturated rings. The number of hydrogen-bond donors (Lipinski definition) is 0. The van der Waals surface area contributed by atoms with Crippen LogP contribution in [0.15, 0.2) is 76.3 Å². The van der Waals surface area contributed by atoms with E-state index >= 15 is 0 Å². The average Bonchev–Trinajstić information content (AvgIpc) is 3.31. The van der Waals surface area contributed by atoms with Crippen molar-refractivity contribution >= 4 is 34.5 Å². The van der Waals surface area contributed by atoms with Crippen molar-refractivity contribution in [2.45, 2.75) is 19.4 Å². The van der Waals surface area contributed by atoms with Crippen LogP contribution in [0.25, 0.3) is 5.70 Å². The molecular formula is C28H29FN4O3S. The fourth-order valence-electron chi connectivity index (χ4n) is 4.77. The Hall–Kier alpha value is -3.43. The Kier molecular flexibility index (Phi) is 7.43. The molecule has 3 aliphatic heterocycles. The minimum absolute atomic E-state index is 0.0366. The van der Waals surface area contributed by atoms with E-state index in [1.807, 2.05) is 45.5 Å². The molecule has 192 valence electrons. The molecule has 3 heterocycles. The summed E-state index contributed by atoms with van der Waals surface area (Å²) in [5, 5.41) is 2.60. The summed E-state index contributed by atoms with van der Waals surface area (Å²) in [6.45, 7) is 5.01. The lowest BCUT2D eigenvalue weighted by Gasteiger charge is -2.38. The first-order chi connectivity index (χ1) is 18.0. The van der Waals surface area contributed by atoms with Gasteiger partial charge in [0, 0.05) is 37.4 Å². The maximum absolute atomic E-state index is 13.9. The van der Waals surface area contributed by atoms with E-state index in [9.17, 15) is 14.0 Å². The maximum Gasteiger partial charge on any atom is 0.338 e. The molecule has 0 bridgehead atoms. The topological polar surface area (TPSA) is 65.5 Å². The Bertz CT molecular complexity index is 1270. The van der Waals surface area contributed by atoms with Gasteiger partial charge in [0.05, 0.1) is 30.3 Å². The largest absolute Gasteiger partial charge is 0.463 e. The molecule has 1 amide bonds. The molecule has 3 aliphatic rings. The second-order valence-electron chi connectivity index (χ2n) is 9.16. The van der Waals surface area contributed by atoms with Crippen LogP contribution in [0.2, 0.25) is 0 Å². The van der Waals surface area contributed by atoms with Gasteiger partial charge in [0.2, 0.25) is 5.91 Å². The predicted octanol–water partition coefficient (Wildman–Crippen LogP) is 4.27. The van der Waals surface area contributed by atoms with E-state index in [1.54, 1.807) is 19.1 Å². The Morgan fingerprint density at radius 2 is 1.76 bits per heavy atom. The number of halogens is 1. The van der Waals surface area contributed by atoms with E-state index in [4.69, 9.17) is 9.73 Å². The van der Waals surface area contributed by atoms with Gasteiger partial charge in [-0.2, -0.15) is 0 Å². The molecule has 1 atom stereocenters. The normalized spacial score (nSPS) is 19.9. The van der Waals surface area contributed by atoms with Gasteiger partial charge in [-0.25, -0.2) is 14.2 Å². The number of amidine groups is 1.